The summed E-state index contributed by atoms with van der Waals surface area (Å²) in [6.45, 7) is 1.35. The van der Waals surface area contributed by atoms with E-state index in [0.29, 0.717) is 11.4 Å². The zero-order chi connectivity index (χ0) is 9.68. The number of hydrogen-bond donors (Lipinski definition) is 0. The van der Waals surface area contributed by atoms with Gasteiger partial charge in [-0.15, -0.1) is 0 Å². The maximum atomic E-state index is 10.5. The van der Waals surface area contributed by atoms with Crippen molar-refractivity contribution in [2.45, 2.75) is 6.92 Å². The first-order valence-corrected chi connectivity index (χ1v) is 3.99. The molecule has 13 heavy (non-hydrogen) atoms. The Morgan fingerprint density at radius 2 is 2.08 bits per heavy atom. The number of thiocarbonyl (C=S) groups is 1. The number of nitrogens with zero attached hydrogens (tertiary/aromatic N) is 1. The lowest BCUT2D eigenvalue weighted by molar-refractivity contribution is -0.131. The fourth-order valence-corrected chi connectivity index (χ4v) is 0.913. The van der Waals surface area contributed by atoms with Crippen LogP contribution in [-0.2, 0) is 4.79 Å². The number of esters is 1. The van der Waals surface area contributed by atoms with Gasteiger partial charge in [-0.3, -0.25) is 4.79 Å². The van der Waals surface area contributed by atoms with E-state index >= 15 is 0 Å². The average Bonchev–Trinajstić information content (AvgIpc) is 2.08. The first kappa shape index (κ1) is 9.58. The van der Waals surface area contributed by atoms with Crippen molar-refractivity contribution in [3.05, 3.63) is 24.3 Å². The third-order valence-corrected chi connectivity index (χ3v) is 1.36. The molecule has 0 amide bonds. The number of isothiocyanates is 1. The molecule has 66 valence electrons. The monoisotopic (exact) mass is 193 g/mol. The molecule has 0 heterocycles. The Labute approximate surface area is 81.1 Å². The Balaban J connectivity index is 2.80. The highest BCUT2D eigenvalue weighted by Crippen LogP contribution is 2.17. The number of hydrogen-bond acceptors (Lipinski definition) is 4. The van der Waals surface area contributed by atoms with Gasteiger partial charge in [0.25, 0.3) is 0 Å². The van der Waals surface area contributed by atoms with E-state index in [4.69, 9.17) is 4.74 Å². The van der Waals surface area contributed by atoms with Crippen LogP contribution in [-0.4, -0.2) is 11.1 Å². The van der Waals surface area contributed by atoms with Gasteiger partial charge in [0, 0.05) is 6.92 Å². The Kier molecular flexibility index (Phi) is 3.31. The molecular weight excluding hydrogens is 186 g/mol. The second kappa shape index (κ2) is 4.50. The van der Waals surface area contributed by atoms with Gasteiger partial charge in [0.05, 0.1) is 10.8 Å². The highest BCUT2D eigenvalue weighted by atomic mass is 32.1. The lowest BCUT2D eigenvalue weighted by Gasteiger charge is -1.99. The smallest absolute Gasteiger partial charge is 0.308 e. The van der Waals surface area contributed by atoms with Crippen LogP contribution in [0, 0.1) is 0 Å². The van der Waals surface area contributed by atoms with Crippen LogP contribution < -0.4 is 4.74 Å². The summed E-state index contributed by atoms with van der Waals surface area (Å²) in [5, 5.41) is 2.24. The number of carbonyl (C=O) groups excluding carboxylic acids is 1. The van der Waals surface area contributed by atoms with E-state index in [-0.39, 0.29) is 5.97 Å². The third-order valence-electron chi connectivity index (χ3n) is 1.27. The maximum absolute atomic E-state index is 10.5. The van der Waals surface area contributed by atoms with Crippen molar-refractivity contribution in [1.82, 2.24) is 0 Å². The summed E-state index contributed by atoms with van der Waals surface area (Å²) in [4.78, 5) is 14.3. The normalized spacial score (nSPS) is 8.69. The molecule has 0 spiro atoms. The molecule has 0 fully saturated rings. The summed E-state index contributed by atoms with van der Waals surface area (Å²) in [7, 11) is 0. The number of aliphatic imine (C=N–C) groups is 1. The van der Waals surface area contributed by atoms with Crippen molar-refractivity contribution in [2.75, 3.05) is 0 Å². The molecule has 0 saturated heterocycles. The van der Waals surface area contributed by atoms with Gasteiger partial charge in [-0.05, 0) is 36.5 Å². The van der Waals surface area contributed by atoms with Crippen LogP contribution in [0.4, 0.5) is 5.69 Å². The van der Waals surface area contributed by atoms with Gasteiger partial charge in [-0.2, -0.15) is 4.99 Å². The number of benzene rings is 1. The van der Waals surface area contributed by atoms with E-state index in [9.17, 15) is 4.79 Å². The Morgan fingerprint density at radius 3 is 2.54 bits per heavy atom. The topological polar surface area (TPSA) is 38.7 Å². The minimum atomic E-state index is -0.342. The highest BCUT2D eigenvalue weighted by Gasteiger charge is 1.96. The van der Waals surface area contributed by atoms with Crippen molar-refractivity contribution in [2.24, 2.45) is 4.99 Å². The number of carbonyl (C=O) groups is 1. The van der Waals surface area contributed by atoms with Crippen LogP contribution in [0.3, 0.4) is 0 Å². The quantitative estimate of drug-likeness (QED) is 0.313. The fourth-order valence-electron chi connectivity index (χ4n) is 0.807. The Morgan fingerprint density at radius 1 is 1.46 bits per heavy atom. The van der Waals surface area contributed by atoms with E-state index in [1.165, 1.54) is 6.92 Å². The van der Waals surface area contributed by atoms with Crippen molar-refractivity contribution >= 4 is 29.0 Å². The first-order valence-electron chi connectivity index (χ1n) is 3.59. The summed E-state index contributed by atoms with van der Waals surface area (Å²) in [5.41, 5.74) is 0.686. The van der Waals surface area contributed by atoms with Gasteiger partial charge in [-0.25, -0.2) is 0 Å². The van der Waals surface area contributed by atoms with Crippen molar-refractivity contribution in [3.63, 3.8) is 0 Å². The van der Waals surface area contributed by atoms with Crippen molar-refractivity contribution in [3.8, 4) is 5.75 Å². The molecule has 0 N–H and O–H groups in total. The molecular formula is C9H7NO2S. The molecule has 3 nitrogen and oxygen atoms in total. The maximum Gasteiger partial charge on any atom is 0.308 e. The summed E-state index contributed by atoms with van der Waals surface area (Å²) >= 11 is 4.43. The highest BCUT2D eigenvalue weighted by molar-refractivity contribution is 7.78. The predicted molar refractivity (Wildman–Crippen MR) is 52.4 cm³/mol. The summed E-state index contributed by atoms with van der Waals surface area (Å²) < 4.78 is 4.82. The minimum absolute atomic E-state index is 0.342. The van der Waals surface area contributed by atoms with Crippen LogP contribution in [0.1, 0.15) is 6.92 Å². The van der Waals surface area contributed by atoms with Gasteiger partial charge >= 0.3 is 5.97 Å². The Hall–Kier alpha value is -1.51. The van der Waals surface area contributed by atoms with Gasteiger partial charge in [0.15, 0.2) is 0 Å². The summed E-state index contributed by atoms with van der Waals surface area (Å²) in [6, 6.07) is 6.68. The molecule has 1 rings (SSSR count). The van der Waals surface area contributed by atoms with E-state index in [0.717, 1.165) is 0 Å². The molecule has 4 heteroatoms. The zero-order valence-corrected chi connectivity index (χ0v) is 7.80. The van der Waals surface area contributed by atoms with Crippen LogP contribution in [0.15, 0.2) is 29.3 Å². The van der Waals surface area contributed by atoms with E-state index in [2.05, 4.69) is 22.4 Å². The largest absolute Gasteiger partial charge is 0.427 e. The summed E-state index contributed by atoms with van der Waals surface area (Å²) in [5.74, 6) is 0.155. The fraction of sp³-hybridized carbons (Fsp3) is 0.111. The van der Waals surface area contributed by atoms with E-state index in [1.807, 2.05) is 0 Å². The first-order chi connectivity index (χ1) is 6.22. The molecule has 1 aromatic carbocycles. The Bertz CT molecular complexity index is 352. The summed E-state index contributed by atoms with van der Waals surface area (Å²) in [6.07, 6.45) is 0. The van der Waals surface area contributed by atoms with Gasteiger partial charge in [-0.1, -0.05) is 0 Å². The van der Waals surface area contributed by atoms with Gasteiger partial charge in [0.2, 0.25) is 0 Å². The van der Waals surface area contributed by atoms with Crippen molar-refractivity contribution in [1.29, 1.82) is 0 Å². The number of rotatable bonds is 2. The van der Waals surface area contributed by atoms with Crippen LogP contribution in [0.2, 0.25) is 0 Å². The van der Waals surface area contributed by atoms with E-state index < -0.39 is 0 Å². The zero-order valence-electron chi connectivity index (χ0n) is 6.98. The lowest BCUT2D eigenvalue weighted by atomic mass is 10.3. The SMILES string of the molecule is CC(=O)Oc1ccc(N=C=S)cc1. The molecule has 0 unspecified atom stereocenters. The van der Waals surface area contributed by atoms with Gasteiger partial charge < -0.3 is 4.74 Å². The molecule has 0 atom stereocenters. The van der Waals surface area contributed by atoms with Crippen LogP contribution >= 0.6 is 12.2 Å². The molecule has 0 aliphatic carbocycles. The van der Waals surface area contributed by atoms with Crippen LogP contribution in [0.5, 0.6) is 5.75 Å². The van der Waals surface area contributed by atoms with E-state index in [1.54, 1.807) is 24.3 Å². The molecule has 0 saturated carbocycles. The third kappa shape index (κ3) is 3.15. The van der Waals surface area contributed by atoms with Gasteiger partial charge in [0.1, 0.15) is 5.75 Å². The molecule has 0 aromatic heterocycles. The second-order valence-corrected chi connectivity index (χ2v) is 2.47. The number of ether oxygens (including phenoxy) is 1. The minimum Gasteiger partial charge on any atom is -0.427 e. The molecule has 1 aromatic rings. The average molecular weight is 193 g/mol. The lowest BCUT2D eigenvalue weighted by Crippen LogP contribution is -2.00. The molecule has 0 aliphatic heterocycles. The molecule has 0 aliphatic rings. The van der Waals surface area contributed by atoms with Crippen molar-refractivity contribution < 1.29 is 9.53 Å². The molecule has 0 bridgehead atoms. The predicted octanol–water partition coefficient (Wildman–Crippen LogP) is 2.35. The second-order valence-electron chi connectivity index (χ2n) is 2.29. The standard InChI is InChI=1S/C9H7NO2S/c1-7(11)12-9-4-2-8(3-5-9)10-6-13/h2-5H,1H3. The van der Waals surface area contributed by atoms with Crippen LogP contribution in [0.25, 0.3) is 0 Å². The molecule has 0 radical (unpaired) electrons.